The molecule has 3 N–H and O–H groups in total. The van der Waals surface area contributed by atoms with Gasteiger partial charge in [-0.1, -0.05) is 18.9 Å². The van der Waals surface area contributed by atoms with E-state index >= 15 is 0 Å². The molecule has 2 atom stereocenters. The second-order valence-corrected chi connectivity index (χ2v) is 7.13. The first-order valence-corrected chi connectivity index (χ1v) is 9.00. The van der Waals surface area contributed by atoms with Crippen LogP contribution in [0.4, 0.5) is 0 Å². The van der Waals surface area contributed by atoms with Crippen molar-refractivity contribution in [1.29, 1.82) is 0 Å². The number of sulfonamides is 1. The molecule has 0 spiro atoms. The molecule has 1 aliphatic carbocycles. The first kappa shape index (κ1) is 16.3. The average Bonchev–Trinajstić information content (AvgIpc) is 2.48. The Balaban J connectivity index is 2.15. The van der Waals surface area contributed by atoms with Gasteiger partial charge < -0.3 is 10.5 Å². The Morgan fingerprint density at radius 3 is 2.81 bits per heavy atom. The van der Waals surface area contributed by atoms with E-state index in [0.29, 0.717) is 18.9 Å². The molecule has 6 heteroatoms. The van der Waals surface area contributed by atoms with Gasteiger partial charge in [-0.05, 0) is 44.4 Å². The minimum absolute atomic E-state index is 0.0653. The molecule has 118 valence electrons. The fourth-order valence-electron chi connectivity index (χ4n) is 2.81. The highest BCUT2D eigenvalue weighted by Gasteiger charge is 2.28. The SMILES string of the molecule is CCOc1cccc(S(=O)(=O)NC2CCCCC2CN)c1. The third-order valence-corrected chi connectivity index (χ3v) is 5.43. The van der Waals surface area contributed by atoms with Crippen LogP contribution in [0.5, 0.6) is 5.75 Å². The van der Waals surface area contributed by atoms with Crippen LogP contribution < -0.4 is 15.2 Å². The van der Waals surface area contributed by atoms with Crippen LogP contribution in [0.2, 0.25) is 0 Å². The maximum Gasteiger partial charge on any atom is 0.240 e. The Morgan fingerprint density at radius 1 is 1.33 bits per heavy atom. The average molecular weight is 312 g/mol. The number of hydrogen-bond donors (Lipinski definition) is 2. The van der Waals surface area contributed by atoms with Crippen LogP contribution in [-0.4, -0.2) is 27.6 Å². The number of nitrogens with one attached hydrogen (secondary N) is 1. The van der Waals surface area contributed by atoms with Gasteiger partial charge in [-0.2, -0.15) is 0 Å². The molecule has 0 bridgehead atoms. The maximum absolute atomic E-state index is 12.5. The highest BCUT2D eigenvalue weighted by molar-refractivity contribution is 7.89. The third kappa shape index (κ3) is 4.18. The van der Waals surface area contributed by atoms with Crippen LogP contribution in [0.25, 0.3) is 0 Å². The van der Waals surface area contributed by atoms with Crippen molar-refractivity contribution < 1.29 is 13.2 Å². The topological polar surface area (TPSA) is 81.4 Å². The molecule has 1 saturated carbocycles. The van der Waals surface area contributed by atoms with E-state index in [0.717, 1.165) is 25.7 Å². The van der Waals surface area contributed by atoms with Gasteiger partial charge in [0.1, 0.15) is 5.75 Å². The molecular weight excluding hydrogens is 288 g/mol. The number of benzene rings is 1. The van der Waals surface area contributed by atoms with Crippen LogP contribution in [0, 0.1) is 5.92 Å². The van der Waals surface area contributed by atoms with Gasteiger partial charge >= 0.3 is 0 Å². The number of ether oxygens (including phenoxy) is 1. The fourth-order valence-corrected chi connectivity index (χ4v) is 4.18. The smallest absolute Gasteiger partial charge is 0.240 e. The molecular formula is C15H24N2O3S. The molecule has 0 heterocycles. The van der Waals surface area contributed by atoms with E-state index in [1.807, 2.05) is 6.92 Å². The van der Waals surface area contributed by atoms with Crippen molar-refractivity contribution in [3.8, 4) is 5.75 Å². The quantitative estimate of drug-likeness (QED) is 0.840. The second kappa shape index (κ2) is 7.24. The Kier molecular flexibility index (Phi) is 5.61. The van der Waals surface area contributed by atoms with E-state index in [-0.39, 0.29) is 16.9 Å². The zero-order valence-corrected chi connectivity index (χ0v) is 13.2. The van der Waals surface area contributed by atoms with Crippen molar-refractivity contribution in [2.45, 2.75) is 43.5 Å². The lowest BCUT2D eigenvalue weighted by Crippen LogP contribution is -2.44. The van der Waals surface area contributed by atoms with Gasteiger partial charge in [-0.25, -0.2) is 13.1 Å². The second-order valence-electron chi connectivity index (χ2n) is 5.42. The zero-order valence-electron chi connectivity index (χ0n) is 12.4. The van der Waals surface area contributed by atoms with E-state index < -0.39 is 10.0 Å². The number of hydrogen-bond acceptors (Lipinski definition) is 4. The van der Waals surface area contributed by atoms with E-state index in [2.05, 4.69) is 4.72 Å². The molecule has 2 unspecified atom stereocenters. The number of nitrogens with two attached hydrogens (primary N) is 1. The Morgan fingerprint density at radius 2 is 2.10 bits per heavy atom. The normalized spacial score (nSPS) is 23.0. The van der Waals surface area contributed by atoms with E-state index in [4.69, 9.17) is 10.5 Å². The molecule has 0 amide bonds. The van der Waals surface area contributed by atoms with Crippen molar-refractivity contribution in [2.24, 2.45) is 11.7 Å². The minimum Gasteiger partial charge on any atom is -0.494 e. The molecule has 5 nitrogen and oxygen atoms in total. The lowest BCUT2D eigenvalue weighted by atomic mass is 9.85. The molecule has 0 aliphatic heterocycles. The Labute approximate surface area is 126 Å². The van der Waals surface area contributed by atoms with Gasteiger partial charge in [0.25, 0.3) is 0 Å². The van der Waals surface area contributed by atoms with Crippen LogP contribution >= 0.6 is 0 Å². The van der Waals surface area contributed by atoms with E-state index in [9.17, 15) is 8.42 Å². The zero-order chi connectivity index (χ0) is 15.3. The summed E-state index contributed by atoms with van der Waals surface area (Å²) in [6.45, 7) is 2.90. The lowest BCUT2D eigenvalue weighted by molar-refractivity contribution is 0.296. The molecule has 1 aliphatic rings. The van der Waals surface area contributed by atoms with Crippen molar-refractivity contribution in [3.05, 3.63) is 24.3 Å². The van der Waals surface area contributed by atoms with Gasteiger partial charge in [0, 0.05) is 12.1 Å². The summed E-state index contributed by atoms with van der Waals surface area (Å²) in [5.41, 5.74) is 5.76. The van der Waals surface area contributed by atoms with E-state index in [1.165, 1.54) is 0 Å². The van der Waals surface area contributed by atoms with Gasteiger partial charge in [0.05, 0.1) is 11.5 Å². The fraction of sp³-hybridized carbons (Fsp3) is 0.600. The highest BCUT2D eigenvalue weighted by Crippen LogP contribution is 2.26. The summed E-state index contributed by atoms with van der Waals surface area (Å²) in [7, 11) is -3.53. The van der Waals surface area contributed by atoms with Crippen LogP contribution in [0.15, 0.2) is 29.2 Å². The first-order valence-electron chi connectivity index (χ1n) is 7.52. The summed E-state index contributed by atoms with van der Waals surface area (Å²) in [4.78, 5) is 0.245. The number of rotatable bonds is 6. The molecule has 1 fully saturated rings. The molecule has 0 aromatic heterocycles. The summed E-state index contributed by atoms with van der Waals surface area (Å²) >= 11 is 0. The van der Waals surface area contributed by atoms with Crippen molar-refractivity contribution in [3.63, 3.8) is 0 Å². The maximum atomic E-state index is 12.5. The molecule has 2 rings (SSSR count). The van der Waals surface area contributed by atoms with Crippen LogP contribution in [-0.2, 0) is 10.0 Å². The van der Waals surface area contributed by atoms with Crippen LogP contribution in [0.1, 0.15) is 32.6 Å². The van der Waals surface area contributed by atoms with Crippen LogP contribution in [0.3, 0.4) is 0 Å². The summed E-state index contributed by atoms with van der Waals surface area (Å²) in [6, 6.07) is 6.54. The molecule has 0 saturated heterocycles. The van der Waals surface area contributed by atoms with Crippen molar-refractivity contribution in [1.82, 2.24) is 4.72 Å². The molecule has 1 aromatic rings. The van der Waals surface area contributed by atoms with Crippen molar-refractivity contribution in [2.75, 3.05) is 13.2 Å². The Hall–Kier alpha value is -1.11. The lowest BCUT2D eigenvalue weighted by Gasteiger charge is -2.31. The van der Waals surface area contributed by atoms with Crippen molar-refractivity contribution >= 4 is 10.0 Å². The summed E-state index contributed by atoms with van der Waals surface area (Å²) < 4.78 is 33.2. The van der Waals surface area contributed by atoms with Gasteiger partial charge in [0.15, 0.2) is 0 Å². The van der Waals surface area contributed by atoms with E-state index in [1.54, 1.807) is 24.3 Å². The molecule has 1 aromatic carbocycles. The Bertz CT molecular complexity index is 560. The third-order valence-electron chi connectivity index (χ3n) is 3.95. The largest absolute Gasteiger partial charge is 0.494 e. The summed E-state index contributed by atoms with van der Waals surface area (Å²) in [5, 5.41) is 0. The standard InChI is InChI=1S/C15H24N2O3S/c1-2-20-13-7-5-8-14(10-13)21(18,19)17-15-9-4-3-6-12(15)11-16/h5,7-8,10,12,15,17H,2-4,6,9,11,16H2,1H3. The minimum atomic E-state index is -3.53. The first-order chi connectivity index (χ1) is 10.1. The molecule has 0 radical (unpaired) electrons. The predicted molar refractivity (Wildman–Crippen MR) is 82.7 cm³/mol. The predicted octanol–water partition coefficient (Wildman–Crippen LogP) is 1.88. The summed E-state index contributed by atoms with van der Waals surface area (Å²) in [6.07, 6.45) is 4.01. The van der Waals surface area contributed by atoms with Gasteiger partial charge in [-0.15, -0.1) is 0 Å². The molecule has 21 heavy (non-hydrogen) atoms. The highest BCUT2D eigenvalue weighted by atomic mass is 32.2. The van der Waals surface area contributed by atoms with Gasteiger partial charge in [-0.3, -0.25) is 0 Å². The van der Waals surface area contributed by atoms with Gasteiger partial charge in [0.2, 0.25) is 10.0 Å². The summed E-state index contributed by atoms with van der Waals surface area (Å²) in [5.74, 6) is 0.794. The monoisotopic (exact) mass is 312 g/mol.